The average Bonchev–Trinajstić information content (AvgIpc) is 2.66. The first-order valence-corrected chi connectivity index (χ1v) is 7.60. The van der Waals surface area contributed by atoms with Gasteiger partial charge in [0.2, 0.25) is 0 Å². The number of rotatable bonds is 3. The van der Waals surface area contributed by atoms with Crippen molar-refractivity contribution in [3.05, 3.63) is 29.8 Å². The second kappa shape index (κ2) is 6.08. The highest BCUT2D eigenvalue weighted by molar-refractivity contribution is 6.62. The molecule has 0 atom stereocenters. The van der Waals surface area contributed by atoms with E-state index in [1.165, 1.54) is 0 Å². The van der Waals surface area contributed by atoms with Crippen molar-refractivity contribution in [2.45, 2.75) is 51.6 Å². The molecule has 8 heteroatoms. The molecule has 1 heterocycles. The van der Waals surface area contributed by atoms with Crippen LogP contribution in [-0.4, -0.2) is 42.4 Å². The molecule has 1 aliphatic heterocycles. The first-order valence-electron chi connectivity index (χ1n) is 7.60. The van der Waals surface area contributed by atoms with Gasteiger partial charge in [-0.05, 0) is 38.7 Å². The number of benzene rings is 1. The van der Waals surface area contributed by atoms with E-state index in [1.54, 1.807) is 24.3 Å². The standard InChI is InChI=1S/C16H21BF3NO3/c1-14(2)15(3,4)24-17(23-14)12-8-6-11(7-9-12)10-21(5)13(22)16(18,19)20/h6-9H,10H2,1-5H3. The number of nitrogens with zero attached hydrogens (tertiary/aromatic N) is 1. The molecule has 1 fully saturated rings. The smallest absolute Gasteiger partial charge is 0.399 e. The van der Waals surface area contributed by atoms with Gasteiger partial charge in [-0.2, -0.15) is 13.2 Å². The fourth-order valence-corrected chi connectivity index (χ4v) is 2.32. The summed E-state index contributed by atoms with van der Waals surface area (Å²) in [6.07, 6.45) is -4.86. The van der Waals surface area contributed by atoms with E-state index < -0.39 is 30.4 Å². The third kappa shape index (κ3) is 3.75. The van der Waals surface area contributed by atoms with E-state index in [-0.39, 0.29) is 6.54 Å². The number of alkyl halides is 3. The predicted molar refractivity (Wildman–Crippen MR) is 84.7 cm³/mol. The van der Waals surface area contributed by atoms with Crippen LogP contribution in [0.3, 0.4) is 0 Å². The molecule has 0 bridgehead atoms. The molecule has 0 unspecified atom stereocenters. The summed E-state index contributed by atoms with van der Waals surface area (Å²) in [5.41, 5.74) is 0.448. The Hall–Kier alpha value is -1.54. The lowest BCUT2D eigenvalue weighted by atomic mass is 9.79. The topological polar surface area (TPSA) is 38.8 Å². The molecule has 1 aromatic carbocycles. The van der Waals surface area contributed by atoms with Crippen molar-refractivity contribution in [1.29, 1.82) is 0 Å². The van der Waals surface area contributed by atoms with Crippen molar-refractivity contribution in [3.8, 4) is 0 Å². The monoisotopic (exact) mass is 343 g/mol. The van der Waals surface area contributed by atoms with Crippen molar-refractivity contribution < 1.29 is 27.3 Å². The highest BCUT2D eigenvalue weighted by Crippen LogP contribution is 2.36. The summed E-state index contributed by atoms with van der Waals surface area (Å²) in [5.74, 6) is -1.86. The van der Waals surface area contributed by atoms with Gasteiger partial charge in [0, 0.05) is 13.6 Å². The Morgan fingerprint density at radius 3 is 1.96 bits per heavy atom. The van der Waals surface area contributed by atoms with E-state index in [9.17, 15) is 18.0 Å². The summed E-state index contributed by atoms with van der Waals surface area (Å²) in [4.78, 5) is 11.8. The molecule has 0 radical (unpaired) electrons. The van der Waals surface area contributed by atoms with Gasteiger partial charge in [0.05, 0.1) is 11.2 Å². The number of hydrogen-bond acceptors (Lipinski definition) is 3. The maximum Gasteiger partial charge on any atom is 0.494 e. The van der Waals surface area contributed by atoms with E-state index >= 15 is 0 Å². The van der Waals surface area contributed by atoms with Gasteiger partial charge in [0.1, 0.15) is 0 Å². The molecule has 132 valence electrons. The lowest BCUT2D eigenvalue weighted by molar-refractivity contribution is -0.184. The molecule has 2 rings (SSSR count). The van der Waals surface area contributed by atoms with Crippen LogP contribution in [-0.2, 0) is 20.6 Å². The van der Waals surface area contributed by atoms with E-state index in [0.717, 1.165) is 12.5 Å². The highest BCUT2D eigenvalue weighted by Gasteiger charge is 2.51. The minimum absolute atomic E-state index is 0.123. The van der Waals surface area contributed by atoms with Crippen LogP contribution in [0.1, 0.15) is 33.3 Å². The SMILES string of the molecule is CN(Cc1ccc(B2OC(C)(C)C(C)(C)O2)cc1)C(=O)C(F)(F)F. The maximum atomic E-state index is 12.4. The molecule has 0 aromatic heterocycles. The normalized spacial score (nSPS) is 19.4. The number of carbonyl (C=O) groups excluding carboxylic acids is 1. The van der Waals surface area contributed by atoms with Gasteiger partial charge in [0.25, 0.3) is 0 Å². The van der Waals surface area contributed by atoms with Crippen molar-refractivity contribution in [2.24, 2.45) is 0 Å². The zero-order chi connectivity index (χ0) is 18.3. The van der Waals surface area contributed by atoms with Gasteiger partial charge in [-0.25, -0.2) is 0 Å². The van der Waals surface area contributed by atoms with E-state index in [0.29, 0.717) is 10.5 Å². The summed E-state index contributed by atoms with van der Waals surface area (Å²) in [6, 6.07) is 6.81. The van der Waals surface area contributed by atoms with Crippen LogP contribution >= 0.6 is 0 Å². The second-order valence-electron chi connectivity index (χ2n) is 6.99. The van der Waals surface area contributed by atoms with Gasteiger partial charge >= 0.3 is 19.2 Å². The van der Waals surface area contributed by atoms with Crippen LogP contribution < -0.4 is 5.46 Å². The van der Waals surface area contributed by atoms with Crippen LogP contribution in [0.4, 0.5) is 13.2 Å². The Balaban J connectivity index is 2.06. The summed E-state index contributed by atoms with van der Waals surface area (Å²) in [7, 11) is 0.594. The number of amides is 1. The van der Waals surface area contributed by atoms with Crippen LogP contribution in [0.25, 0.3) is 0 Å². The molecule has 1 aliphatic rings. The van der Waals surface area contributed by atoms with Gasteiger partial charge in [-0.15, -0.1) is 0 Å². The number of halogens is 3. The van der Waals surface area contributed by atoms with Crippen molar-refractivity contribution in [2.75, 3.05) is 7.05 Å². The molecule has 0 spiro atoms. The average molecular weight is 343 g/mol. The van der Waals surface area contributed by atoms with Crippen molar-refractivity contribution in [1.82, 2.24) is 4.90 Å². The van der Waals surface area contributed by atoms with Gasteiger partial charge in [-0.3, -0.25) is 4.79 Å². The van der Waals surface area contributed by atoms with Gasteiger partial charge < -0.3 is 14.2 Å². The summed E-state index contributed by atoms with van der Waals surface area (Å²) >= 11 is 0. The Labute approximate surface area is 140 Å². The maximum absolute atomic E-state index is 12.4. The summed E-state index contributed by atoms with van der Waals surface area (Å²) in [5, 5.41) is 0. The Kier molecular flexibility index (Phi) is 4.76. The van der Waals surface area contributed by atoms with Crippen molar-refractivity contribution >= 4 is 18.5 Å². The molecule has 1 amide bonds. The van der Waals surface area contributed by atoms with E-state index in [4.69, 9.17) is 9.31 Å². The lowest BCUT2D eigenvalue weighted by Crippen LogP contribution is -2.41. The minimum Gasteiger partial charge on any atom is -0.399 e. The lowest BCUT2D eigenvalue weighted by Gasteiger charge is -2.32. The van der Waals surface area contributed by atoms with E-state index in [2.05, 4.69) is 0 Å². The molecule has 4 nitrogen and oxygen atoms in total. The second-order valence-corrected chi connectivity index (χ2v) is 6.99. The molecule has 24 heavy (non-hydrogen) atoms. The van der Waals surface area contributed by atoms with Gasteiger partial charge in [0.15, 0.2) is 0 Å². The molecular formula is C16H21BF3NO3. The molecule has 0 saturated carbocycles. The molecule has 1 aromatic rings. The number of hydrogen-bond donors (Lipinski definition) is 0. The quantitative estimate of drug-likeness (QED) is 0.792. The Morgan fingerprint density at radius 2 is 1.54 bits per heavy atom. The van der Waals surface area contributed by atoms with Crippen LogP contribution in [0.5, 0.6) is 0 Å². The molecule has 1 saturated heterocycles. The van der Waals surface area contributed by atoms with E-state index in [1.807, 2.05) is 27.7 Å². The van der Waals surface area contributed by atoms with Crippen LogP contribution in [0.2, 0.25) is 0 Å². The minimum atomic E-state index is -4.86. The zero-order valence-electron chi connectivity index (χ0n) is 14.4. The summed E-state index contributed by atoms with van der Waals surface area (Å²) < 4.78 is 49.0. The van der Waals surface area contributed by atoms with Gasteiger partial charge in [-0.1, -0.05) is 24.3 Å². The largest absolute Gasteiger partial charge is 0.494 e. The number of carbonyl (C=O) groups is 1. The fraction of sp³-hybridized carbons (Fsp3) is 0.562. The van der Waals surface area contributed by atoms with Crippen LogP contribution in [0, 0.1) is 0 Å². The zero-order valence-corrected chi connectivity index (χ0v) is 14.4. The third-order valence-electron chi connectivity index (χ3n) is 4.51. The van der Waals surface area contributed by atoms with Crippen LogP contribution in [0.15, 0.2) is 24.3 Å². The first-order chi connectivity index (χ1) is 10.8. The molecule has 0 aliphatic carbocycles. The predicted octanol–water partition coefficient (Wildman–Crippen LogP) is 2.51. The first kappa shape index (κ1) is 18.8. The molecular weight excluding hydrogens is 322 g/mol. The fourth-order valence-electron chi connectivity index (χ4n) is 2.32. The summed E-state index contributed by atoms with van der Waals surface area (Å²) in [6.45, 7) is 7.65. The molecule has 0 N–H and O–H groups in total. The Morgan fingerprint density at radius 1 is 1.08 bits per heavy atom. The van der Waals surface area contributed by atoms with Crippen molar-refractivity contribution in [3.63, 3.8) is 0 Å². The Bertz CT molecular complexity index is 598. The third-order valence-corrected chi connectivity index (χ3v) is 4.51. The highest BCUT2D eigenvalue weighted by atomic mass is 19.4.